The third kappa shape index (κ3) is 3.17. The fourth-order valence-corrected chi connectivity index (χ4v) is 2.97. The van der Waals surface area contributed by atoms with E-state index in [9.17, 15) is 4.79 Å². The number of aromatic amines is 1. The van der Waals surface area contributed by atoms with Crippen molar-refractivity contribution in [3.8, 4) is 11.3 Å². The molecule has 1 N–H and O–H groups in total. The molecule has 0 aliphatic rings. The number of esters is 1. The number of nitrogens with zero attached hydrogens (tertiary/aromatic N) is 2. The van der Waals surface area contributed by atoms with Crippen LogP contribution in [0.5, 0.6) is 0 Å². The first-order valence-electron chi connectivity index (χ1n) is 8.02. The van der Waals surface area contributed by atoms with Crippen LogP contribution in [0, 0.1) is 0 Å². The highest BCUT2D eigenvalue weighted by atomic mass is 35.5. The van der Waals surface area contributed by atoms with Crippen molar-refractivity contribution in [3.63, 3.8) is 0 Å². The molecule has 0 unspecified atom stereocenters. The van der Waals surface area contributed by atoms with Gasteiger partial charge >= 0.3 is 5.97 Å². The zero-order valence-corrected chi connectivity index (χ0v) is 14.4. The van der Waals surface area contributed by atoms with E-state index in [1.165, 1.54) is 0 Å². The summed E-state index contributed by atoms with van der Waals surface area (Å²) in [5, 5.41) is 8.43. The molecule has 128 valence electrons. The molecule has 0 saturated carbocycles. The number of fused-ring (bicyclic) bond motifs is 1. The molecule has 0 fully saturated rings. The van der Waals surface area contributed by atoms with Gasteiger partial charge in [-0.3, -0.25) is 10.1 Å². The number of pyridine rings is 1. The van der Waals surface area contributed by atoms with Crippen molar-refractivity contribution in [1.82, 2.24) is 15.2 Å². The Labute approximate surface area is 154 Å². The molecule has 0 radical (unpaired) electrons. The van der Waals surface area contributed by atoms with E-state index in [0.29, 0.717) is 10.7 Å². The van der Waals surface area contributed by atoms with Crippen LogP contribution in [0.3, 0.4) is 0 Å². The normalized spacial score (nSPS) is 10.8. The molecular formula is C20H14ClN3O2. The zero-order chi connectivity index (χ0) is 17.9. The number of nitrogens with one attached hydrogen (secondary N) is 1. The lowest BCUT2D eigenvalue weighted by Crippen LogP contribution is -2.06. The number of carbonyl (C=O) groups is 1. The maximum absolute atomic E-state index is 12.3. The van der Waals surface area contributed by atoms with Crippen molar-refractivity contribution in [3.05, 3.63) is 83.1 Å². The highest BCUT2D eigenvalue weighted by Crippen LogP contribution is 2.26. The van der Waals surface area contributed by atoms with Crippen LogP contribution >= 0.6 is 11.6 Å². The fraction of sp³-hybridized carbons (Fsp3) is 0.0500. The number of ether oxygens (including phenoxy) is 1. The molecule has 26 heavy (non-hydrogen) atoms. The van der Waals surface area contributed by atoms with Crippen LogP contribution in [0.15, 0.2) is 66.9 Å². The van der Waals surface area contributed by atoms with Crippen LogP contribution in [0.25, 0.3) is 22.2 Å². The van der Waals surface area contributed by atoms with Gasteiger partial charge < -0.3 is 4.74 Å². The molecule has 0 aliphatic heterocycles. The molecule has 6 heteroatoms. The second-order valence-corrected chi connectivity index (χ2v) is 6.12. The lowest BCUT2D eigenvalue weighted by Gasteiger charge is -2.06. The van der Waals surface area contributed by atoms with Gasteiger partial charge in [-0.1, -0.05) is 54.1 Å². The van der Waals surface area contributed by atoms with E-state index in [1.54, 1.807) is 18.3 Å². The first-order valence-corrected chi connectivity index (χ1v) is 8.40. The second-order valence-electron chi connectivity index (χ2n) is 5.72. The van der Waals surface area contributed by atoms with E-state index in [1.807, 2.05) is 48.5 Å². The fourth-order valence-electron chi connectivity index (χ4n) is 2.74. The summed E-state index contributed by atoms with van der Waals surface area (Å²) >= 11 is 6.17. The van der Waals surface area contributed by atoms with Crippen molar-refractivity contribution in [2.75, 3.05) is 0 Å². The Kier molecular flexibility index (Phi) is 4.37. The van der Waals surface area contributed by atoms with Gasteiger partial charge in [-0.25, -0.2) is 4.79 Å². The van der Waals surface area contributed by atoms with Crippen molar-refractivity contribution in [2.24, 2.45) is 0 Å². The van der Waals surface area contributed by atoms with E-state index in [4.69, 9.17) is 16.3 Å². The highest BCUT2D eigenvalue weighted by molar-refractivity contribution is 6.33. The minimum Gasteiger partial charge on any atom is -0.456 e. The molecule has 2 aromatic carbocycles. The van der Waals surface area contributed by atoms with Gasteiger partial charge in [0.25, 0.3) is 0 Å². The Balaban J connectivity index is 1.51. The topological polar surface area (TPSA) is 67.9 Å². The van der Waals surface area contributed by atoms with Gasteiger partial charge in [0.1, 0.15) is 12.3 Å². The third-order valence-corrected chi connectivity index (χ3v) is 4.35. The number of aromatic nitrogens is 3. The van der Waals surface area contributed by atoms with Crippen molar-refractivity contribution in [1.29, 1.82) is 0 Å². The number of H-pyrrole nitrogens is 1. The molecule has 0 amide bonds. The van der Waals surface area contributed by atoms with Crippen molar-refractivity contribution < 1.29 is 9.53 Å². The summed E-state index contributed by atoms with van der Waals surface area (Å²) in [5.74, 6) is -0.483. The van der Waals surface area contributed by atoms with Gasteiger partial charge in [0, 0.05) is 22.7 Å². The third-order valence-electron chi connectivity index (χ3n) is 4.02. The predicted octanol–water partition coefficient (Wildman–Crippen LogP) is 4.64. The van der Waals surface area contributed by atoms with E-state index in [0.717, 1.165) is 22.0 Å². The quantitative estimate of drug-likeness (QED) is 0.536. The Hall–Kier alpha value is -3.18. The SMILES string of the molecule is O=C(OCc1cccc2cccnc12)c1cc(-c2ccccc2Cl)n[nH]1. The molecule has 0 bridgehead atoms. The van der Waals surface area contributed by atoms with Crippen LogP contribution in [0.4, 0.5) is 0 Å². The van der Waals surface area contributed by atoms with Crippen molar-refractivity contribution >= 4 is 28.5 Å². The number of halogens is 1. The summed E-state index contributed by atoms with van der Waals surface area (Å²) in [6.45, 7) is 0.133. The molecule has 0 atom stereocenters. The van der Waals surface area contributed by atoms with Gasteiger partial charge in [0.05, 0.1) is 16.2 Å². The minimum absolute atomic E-state index is 0.133. The number of benzene rings is 2. The monoisotopic (exact) mass is 363 g/mol. The van der Waals surface area contributed by atoms with Crippen LogP contribution in [-0.4, -0.2) is 21.2 Å². The van der Waals surface area contributed by atoms with Gasteiger partial charge in [-0.2, -0.15) is 5.10 Å². The molecule has 2 heterocycles. The van der Waals surface area contributed by atoms with E-state index >= 15 is 0 Å². The van der Waals surface area contributed by atoms with Crippen LogP contribution < -0.4 is 0 Å². The maximum Gasteiger partial charge on any atom is 0.356 e. The molecule has 4 aromatic rings. The molecule has 0 aliphatic carbocycles. The molecule has 2 aromatic heterocycles. The largest absolute Gasteiger partial charge is 0.456 e. The number of para-hydroxylation sites is 1. The first kappa shape index (κ1) is 16.3. The number of carbonyl (C=O) groups excluding carboxylic acids is 1. The lowest BCUT2D eigenvalue weighted by molar-refractivity contribution is 0.0467. The molecule has 0 spiro atoms. The molecule has 0 saturated heterocycles. The van der Waals surface area contributed by atoms with Crippen LogP contribution in [-0.2, 0) is 11.3 Å². The molecule has 5 nitrogen and oxygen atoms in total. The Morgan fingerprint density at radius 1 is 1.08 bits per heavy atom. The predicted molar refractivity (Wildman–Crippen MR) is 99.9 cm³/mol. The maximum atomic E-state index is 12.3. The number of rotatable bonds is 4. The van der Waals surface area contributed by atoms with Crippen LogP contribution in [0.2, 0.25) is 5.02 Å². The first-order chi connectivity index (χ1) is 12.7. The summed E-state index contributed by atoms with van der Waals surface area (Å²) in [7, 11) is 0. The van der Waals surface area contributed by atoms with E-state index in [2.05, 4.69) is 15.2 Å². The summed E-state index contributed by atoms with van der Waals surface area (Å²) in [6.07, 6.45) is 1.72. The summed E-state index contributed by atoms with van der Waals surface area (Å²) in [6, 6.07) is 18.6. The number of hydrogen-bond donors (Lipinski definition) is 1. The molecular weight excluding hydrogens is 350 g/mol. The van der Waals surface area contributed by atoms with E-state index < -0.39 is 5.97 Å². The Bertz CT molecular complexity index is 1090. The average Bonchev–Trinajstić information content (AvgIpc) is 3.16. The number of hydrogen-bond acceptors (Lipinski definition) is 4. The van der Waals surface area contributed by atoms with Gasteiger partial charge in [0.2, 0.25) is 0 Å². The smallest absolute Gasteiger partial charge is 0.356 e. The highest BCUT2D eigenvalue weighted by Gasteiger charge is 2.14. The second kappa shape index (κ2) is 6.98. The van der Waals surface area contributed by atoms with Crippen molar-refractivity contribution in [2.45, 2.75) is 6.61 Å². The zero-order valence-electron chi connectivity index (χ0n) is 13.6. The minimum atomic E-state index is -0.483. The van der Waals surface area contributed by atoms with Gasteiger partial charge in [-0.15, -0.1) is 0 Å². The summed E-state index contributed by atoms with van der Waals surface area (Å²) in [5.41, 5.74) is 3.29. The Morgan fingerprint density at radius 2 is 1.92 bits per heavy atom. The van der Waals surface area contributed by atoms with Crippen LogP contribution in [0.1, 0.15) is 16.1 Å². The average molecular weight is 364 g/mol. The van der Waals surface area contributed by atoms with Gasteiger partial charge in [0.15, 0.2) is 0 Å². The van der Waals surface area contributed by atoms with Gasteiger partial charge in [-0.05, 0) is 18.2 Å². The molecule has 4 rings (SSSR count). The van der Waals surface area contributed by atoms with E-state index in [-0.39, 0.29) is 12.3 Å². The summed E-state index contributed by atoms with van der Waals surface area (Å²) in [4.78, 5) is 16.7. The standard InChI is InChI=1S/C20H14ClN3O2/c21-16-9-2-1-8-15(16)17-11-18(24-23-17)20(25)26-12-14-6-3-5-13-7-4-10-22-19(13)14/h1-11H,12H2,(H,23,24). The Morgan fingerprint density at radius 3 is 2.81 bits per heavy atom. The lowest BCUT2D eigenvalue weighted by atomic mass is 10.1. The summed E-state index contributed by atoms with van der Waals surface area (Å²) < 4.78 is 5.42.